The molecule has 0 bridgehead atoms. The largest absolute Gasteiger partial charge is 0.372 e. The van der Waals surface area contributed by atoms with Gasteiger partial charge in [-0.05, 0) is 19.9 Å². The second-order valence-electron chi connectivity index (χ2n) is 4.41. The van der Waals surface area contributed by atoms with Crippen LogP contribution in [0.25, 0.3) is 0 Å². The van der Waals surface area contributed by atoms with Crippen molar-refractivity contribution in [3.63, 3.8) is 0 Å². The van der Waals surface area contributed by atoms with Crippen LogP contribution >= 0.6 is 0 Å². The molecular formula is C12H16N2O3. The zero-order valence-electron chi connectivity index (χ0n) is 10.00. The van der Waals surface area contributed by atoms with E-state index in [1.165, 1.54) is 0 Å². The number of morpholine rings is 1. The molecule has 0 N–H and O–H groups in total. The van der Waals surface area contributed by atoms with Crippen molar-refractivity contribution in [2.45, 2.75) is 26.1 Å². The molecule has 0 aliphatic carbocycles. The fourth-order valence-electron chi connectivity index (χ4n) is 2.26. The molecule has 1 saturated heterocycles. The molecule has 5 heteroatoms. The summed E-state index contributed by atoms with van der Waals surface area (Å²) in [5, 5.41) is 11.0. The molecule has 2 unspecified atom stereocenters. The molecule has 2 atom stereocenters. The minimum Gasteiger partial charge on any atom is -0.372 e. The van der Waals surface area contributed by atoms with Crippen molar-refractivity contribution in [1.82, 2.24) is 0 Å². The first-order valence-corrected chi connectivity index (χ1v) is 5.71. The molecule has 2 rings (SSSR count). The molecule has 1 aliphatic heterocycles. The van der Waals surface area contributed by atoms with E-state index in [9.17, 15) is 10.1 Å². The van der Waals surface area contributed by atoms with Crippen LogP contribution in [0, 0.1) is 10.1 Å². The summed E-state index contributed by atoms with van der Waals surface area (Å²) >= 11 is 0. The van der Waals surface area contributed by atoms with E-state index in [0.717, 1.165) is 0 Å². The van der Waals surface area contributed by atoms with E-state index in [1.807, 2.05) is 24.8 Å². The van der Waals surface area contributed by atoms with E-state index in [1.54, 1.807) is 18.2 Å². The summed E-state index contributed by atoms with van der Waals surface area (Å²) < 4.78 is 5.63. The fraction of sp³-hybridized carbons (Fsp3) is 0.500. The van der Waals surface area contributed by atoms with Crippen molar-refractivity contribution in [2.24, 2.45) is 0 Å². The van der Waals surface area contributed by atoms with E-state index in [4.69, 9.17) is 4.74 Å². The van der Waals surface area contributed by atoms with Gasteiger partial charge >= 0.3 is 0 Å². The van der Waals surface area contributed by atoms with Gasteiger partial charge in [-0.1, -0.05) is 12.1 Å². The highest BCUT2D eigenvalue weighted by Crippen LogP contribution is 2.29. The monoisotopic (exact) mass is 236 g/mol. The first kappa shape index (κ1) is 11.9. The number of anilines is 1. The van der Waals surface area contributed by atoms with Gasteiger partial charge in [0.2, 0.25) is 0 Å². The fourth-order valence-corrected chi connectivity index (χ4v) is 2.26. The van der Waals surface area contributed by atoms with Crippen molar-refractivity contribution >= 4 is 11.4 Å². The highest BCUT2D eigenvalue weighted by Gasteiger charge is 2.26. The Bertz CT molecular complexity index is 412. The molecular weight excluding hydrogens is 220 g/mol. The number of ether oxygens (including phenoxy) is 1. The van der Waals surface area contributed by atoms with E-state index in [-0.39, 0.29) is 22.8 Å². The highest BCUT2D eigenvalue weighted by atomic mass is 16.6. The van der Waals surface area contributed by atoms with Crippen molar-refractivity contribution in [3.8, 4) is 0 Å². The van der Waals surface area contributed by atoms with Crippen LogP contribution in [0.15, 0.2) is 24.3 Å². The first-order valence-electron chi connectivity index (χ1n) is 5.71. The van der Waals surface area contributed by atoms with Crippen LogP contribution in [0.4, 0.5) is 11.4 Å². The molecule has 17 heavy (non-hydrogen) atoms. The lowest BCUT2D eigenvalue weighted by atomic mass is 10.2. The Kier molecular flexibility index (Phi) is 3.28. The summed E-state index contributed by atoms with van der Waals surface area (Å²) in [6.07, 6.45) is 0.192. The third kappa shape index (κ3) is 2.55. The Morgan fingerprint density at radius 2 is 1.88 bits per heavy atom. The second-order valence-corrected chi connectivity index (χ2v) is 4.41. The van der Waals surface area contributed by atoms with Gasteiger partial charge in [-0.2, -0.15) is 0 Å². The van der Waals surface area contributed by atoms with Crippen molar-refractivity contribution in [2.75, 3.05) is 18.0 Å². The Morgan fingerprint density at radius 3 is 2.47 bits per heavy atom. The topological polar surface area (TPSA) is 55.6 Å². The number of nitro benzene ring substituents is 1. The number of rotatable bonds is 2. The maximum atomic E-state index is 11.0. The van der Waals surface area contributed by atoms with Gasteiger partial charge in [-0.25, -0.2) is 0 Å². The van der Waals surface area contributed by atoms with E-state index < -0.39 is 0 Å². The van der Waals surface area contributed by atoms with Crippen LogP contribution in [0.3, 0.4) is 0 Å². The minimum absolute atomic E-state index is 0.0959. The molecule has 0 spiro atoms. The lowest BCUT2D eigenvalue weighted by molar-refractivity contribution is -0.384. The van der Waals surface area contributed by atoms with Crippen LogP contribution in [0.5, 0.6) is 0 Å². The Hall–Kier alpha value is -1.62. The lowest BCUT2D eigenvalue weighted by Gasteiger charge is -2.36. The molecule has 1 aliphatic rings. The predicted octanol–water partition coefficient (Wildman–Crippen LogP) is 2.21. The molecule has 1 aromatic rings. The van der Waals surface area contributed by atoms with Gasteiger partial charge < -0.3 is 9.64 Å². The molecule has 1 heterocycles. The van der Waals surface area contributed by atoms with Crippen molar-refractivity contribution < 1.29 is 9.66 Å². The standard InChI is InChI=1S/C12H16N2O3/c1-9-7-13(8-10(2)17-9)11-5-3-4-6-12(11)14(15)16/h3-6,9-10H,7-8H2,1-2H3. The van der Waals surface area contributed by atoms with Gasteiger partial charge in [-0.15, -0.1) is 0 Å². The number of nitro groups is 1. The third-order valence-electron chi connectivity index (χ3n) is 2.84. The zero-order chi connectivity index (χ0) is 12.4. The molecule has 92 valence electrons. The van der Waals surface area contributed by atoms with E-state index >= 15 is 0 Å². The van der Waals surface area contributed by atoms with Gasteiger partial charge in [0.1, 0.15) is 5.69 Å². The van der Waals surface area contributed by atoms with E-state index in [0.29, 0.717) is 18.8 Å². The third-order valence-corrected chi connectivity index (χ3v) is 2.84. The quantitative estimate of drug-likeness (QED) is 0.583. The summed E-state index contributed by atoms with van der Waals surface area (Å²) in [4.78, 5) is 12.7. The average Bonchev–Trinajstić information content (AvgIpc) is 2.27. The van der Waals surface area contributed by atoms with Gasteiger partial charge in [0, 0.05) is 19.2 Å². The normalized spacial score (nSPS) is 24.7. The average molecular weight is 236 g/mol. The van der Waals surface area contributed by atoms with Crippen LogP contribution < -0.4 is 4.90 Å². The molecule has 0 aromatic heterocycles. The smallest absolute Gasteiger partial charge is 0.292 e. The van der Waals surface area contributed by atoms with Crippen molar-refractivity contribution in [3.05, 3.63) is 34.4 Å². The summed E-state index contributed by atoms with van der Waals surface area (Å²) in [6, 6.07) is 6.85. The molecule has 1 aromatic carbocycles. The number of para-hydroxylation sites is 2. The van der Waals surface area contributed by atoms with Crippen LogP contribution in [0.1, 0.15) is 13.8 Å². The summed E-state index contributed by atoms with van der Waals surface area (Å²) in [6.45, 7) is 5.35. The summed E-state index contributed by atoms with van der Waals surface area (Å²) in [7, 11) is 0. The van der Waals surface area contributed by atoms with Crippen LogP contribution in [0.2, 0.25) is 0 Å². The van der Waals surface area contributed by atoms with Gasteiger partial charge in [0.05, 0.1) is 17.1 Å². The Balaban J connectivity index is 2.30. The number of nitrogens with zero attached hydrogens (tertiary/aromatic N) is 2. The van der Waals surface area contributed by atoms with E-state index in [2.05, 4.69) is 0 Å². The minimum atomic E-state index is -0.333. The summed E-state index contributed by atoms with van der Waals surface area (Å²) in [5.41, 5.74) is 0.841. The molecule has 0 amide bonds. The maximum absolute atomic E-state index is 11.0. The maximum Gasteiger partial charge on any atom is 0.292 e. The number of hydrogen-bond donors (Lipinski definition) is 0. The Labute approximate surface area is 100 Å². The van der Waals surface area contributed by atoms with Gasteiger partial charge in [0.25, 0.3) is 5.69 Å². The van der Waals surface area contributed by atoms with Crippen molar-refractivity contribution in [1.29, 1.82) is 0 Å². The summed E-state index contributed by atoms with van der Waals surface area (Å²) in [5.74, 6) is 0. The van der Waals surface area contributed by atoms with Crippen LogP contribution in [-0.2, 0) is 4.74 Å². The van der Waals surface area contributed by atoms with Gasteiger partial charge in [-0.3, -0.25) is 10.1 Å². The number of hydrogen-bond acceptors (Lipinski definition) is 4. The Morgan fingerprint density at radius 1 is 1.29 bits per heavy atom. The highest BCUT2D eigenvalue weighted by molar-refractivity contribution is 5.63. The SMILES string of the molecule is CC1CN(c2ccccc2[N+](=O)[O-])CC(C)O1. The van der Waals surface area contributed by atoms with Gasteiger partial charge in [0.15, 0.2) is 0 Å². The molecule has 0 radical (unpaired) electrons. The zero-order valence-corrected chi connectivity index (χ0v) is 10.00. The predicted molar refractivity (Wildman–Crippen MR) is 65.3 cm³/mol. The molecule has 0 saturated carbocycles. The molecule has 1 fully saturated rings. The lowest BCUT2D eigenvalue weighted by Crippen LogP contribution is -2.45. The first-order chi connectivity index (χ1) is 8.08. The molecule has 5 nitrogen and oxygen atoms in total. The van der Waals surface area contributed by atoms with Crippen LogP contribution in [-0.4, -0.2) is 30.2 Å². The second kappa shape index (κ2) is 4.71. The number of benzene rings is 1.